The zero-order valence-electron chi connectivity index (χ0n) is 17.0. The zero-order valence-corrected chi connectivity index (χ0v) is 17.0. The van der Waals surface area contributed by atoms with Crippen LogP contribution in [0, 0.1) is 13.8 Å². The van der Waals surface area contributed by atoms with Crippen molar-refractivity contribution in [3.8, 4) is 5.75 Å². The molecule has 150 valence electrons. The molecular formula is C23H30N2O3. The number of aryl methyl sites for hydroxylation is 2. The van der Waals surface area contributed by atoms with Gasteiger partial charge in [0.2, 0.25) is 5.91 Å². The van der Waals surface area contributed by atoms with Gasteiger partial charge in [0.15, 0.2) is 0 Å². The molecule has 2 aromatic carbocycles. The predicted octanol–water partition coefficient (Wildman–Crippen LogP) is 3.61. The van der Waals surface area contributed by atoms with Gasteiger partial charge in [-0.2, -0.15) is 0 Å². The average molecular weight is 383 g/mol. The molecule has 2 aromatic rings. The molecular weight excluding hydrogens is 352 g/mol. The first-order valence-electron chi connectivity index (χ1n) is 9.88. The summed E-state index contributed by atoms with van der Waals surface area (Å²) in [5.74, 6) is 0.943. The molecule has 0 saturated carbocycles. The van der Waals surface area contributed by atoms with E-state index in [1.807, 2.05) is 0 Å². The number of rotatable bonds is 8. The van der Waals surface area contributed by atoms with E-state index in [1.165, 1.54) is 16.7 Å². The molecule has 0 bridgehead atoms. The lowest BCUT2D eigenvalue weighted by Gasteiger charge is -2.38. The number of nitrogens with zero attached hydrogens (tertiary/aromatic N) is 1. The van der Waals surface area contributed by atoms with Crippen molar-refractivity contribution in [1.29, 1.82) is 0 Å². The van der Waals surface area contributed by atoms with Gasteiger partial charge < -0.3 is 19.7 Å². The van der Waals surface area contributed by atoms with Gasteiger partial charge in [0, 0.05) is 26.8 Å². The Kier molecular flexibility index (Phi) is 6.93. The van der Waals surface area contributed by atoms with E-state index in [0.717, 1.165) is 24.4 Å². The number of carbonyl (C=O) groups excluding carboxylic acids is 1. The number of fused-ring (bicyclic) bond motifs is 1. The first kappa shape index (κ1) is 20.2. The maximum absolute atomic E-state index is 12.4. The maximum atomic E-state index is 12.4. The van der Waals surface area contributed by atoms with E-state index in [-0.39, 0.29) is 11.9 Å². The molecule has 1 atom stereocenters. The van der Waals surface area contributed by atoms with E-state index in [4.69, 9.17) is 9.47 Å². The van der Waals surface area contributed by atoms with Gasteiger partial charge in [0.1, 0.15) is 12.4 Å². The molecule has 0 spiro atoms. The molecule has 1 amide bonds. The van der Waals surface area contributed by atoms with Gasteiger partial charge in [-0.05, 0) is 43.5 Å². The predicted molar refractivity (Wildman–Crippen MR) is 112 cm³/mol. The lowest BCUT2D eigenvalue weighted by Crippen LogP contribution is -2.45. The van der Waals surface area contributed by atoms with E-state index in [1.54, 1.807) is 7.11 Å². The van der Waals surface area contributed by atoms with Crippen LogP contribution >= 0.6 is 0 Å². The third kappa shape index (κ3) is 5.26. The molecule has 0 saturated heterocycles. The molecule has 0 unspecified atom stereocenters. The third-order valence-electron chi connectivity index (χ3n) is 5.04. The van der Waals surface area contributed by atoms with Crippen LogP contribution in [0.4, 0.5) is 5.69 Å². The molecule has 1 aliphatic rings. The molecule has 1 heterocycles. The van der Waals surface area contributed by atoms with Crippen LogP contribution in [0.3, 0.4) is 0 Å². The largest absolute Gasteiger partial charge is 0.489 e. The van der Waals surface area contributed by atoms with Gasteiger partial charge in [-0.3, -0.25) is 4.79 Å². The Balaban J connectivity index is 1.75. The van der Waals surface area contributed by atoms with Crippen LogP contribution in [0.1, 0.15) is 29.5 Å². The molecule has 0 radical (unpaired) electrons. The molecule has 0 aromatic heterocycles. The van der Waals surface area contributed by atoms with Crippen molar-refractivity contribution in [2.75, 3.05) is 31.8 Å². The first-order valence-corrected chi connectivity index (χ1v) is 9.88. The zero-order chi connectivity index (χ0) is 19.9. The SMILES string of the molecule is COCCCNC(=O)C[C@@H]1COc2cc(C)ccc2N1Cc1ccc(C)cc1. The summed E-state index contributed by atoms with van der Waals surface area (Å²) in [6.07, 6.45) is 1.23. The average Bonchev–Trinajstić information content (AvgIpc) is 2.68. The van der Waals surface area contributed by atoms with Gasteiger partial charge in [-0.1, -0.05) is 35.9 Å². The van der Waals surface area contributed by atoms with E-state index < -0.39 is 0 Å². The lowest BCUT2D eigenvalue weighted by molar-refractivity contribution is -0.121. The second kappa shape index (κ2) is 9.60. The normalized spacial score (nSPS) is 15.7. The van der Waals surface area contributed by atoms with E-state index >= 15 is 0 Å². The Bertz CT molecular complexity index is 789. The van der Waals surface area contributed by atoms with Crippen LogP contribution in [0.2, 0.25) is 0 Å². The molecule has 0 aliphatic carbocycles. The van der Waals surface area contributed by atoms with Crippen LogP contribution < -0.4 is 15.0 Å². The summed E-state index contributed by atoms with van der Waals surface area (Å²) in [7, 11) is 1.67. The Morgan fingerprint density at radius 3 is 2.68 bits per heavy atom. The van der Waals surface area contributed by atoms with Gasteiger partial charge in [-0.15, -0.1) is 0 Å². The monoisotopic (exact) mass is 382 g/mol. The Morgan fingerprint density at radius 2 is 1.93 bits per heavy atom. The highest BCUT2D eigenvalue weighted by Crippen LogP contribution is 2.36. The number of nitrogens with one attached hydrogen (secondary N) is 1. The molecule has 1 N–H and O–H groups in total. The van der Waals surface area contributed by atoms with Crippen molar-refractivity contribution in [1.82, 2.24) is 5.32 Å². The molecule has 3 rings (SSSR count). The van der Waals surface area contributed by atoms with Crippen LogP contribution in [-0.4, -0.2) is 38.8 Å². The fourth-order valence-corrected chi connectivity index (χ4v) is 3.45. The molecule has 5 nitrogen and oxygen atoms in total. The second-order valence-corrected chi connectivity index (χ2v) is 7.45. The summed E-state index contributed by atoms with van der Waals surface area (Å²) in [4.78, 5) is 14.8. The summed E-state index contributed by atoms with van der Waals surface area (Å²) < 4.78 is 11.0. The third-order valence-corrected chi connectivity index (χ3v) is 5.04. The number of amides is 1. The summed E-state index contributed by atoms with van der Waals surface area (Å²) in [6, 6.07) is 14.8. The standard InChI is InChI=1S/C23H30N2O3/c1-17-5-8-19(9-6-17)15-25-20(14-23(26)24-11-4-12-27-3)16-28-22-13-18(2)7-10-21(22)25/h5-10,13,20H,4,11-12,14-16H2,1-3H3,(H,24,26)/t20-/m1/s1. The van der Waals surface area contributed by atoms with E-state index in [9.17, 15) is 4.79 Å². The highest BCUT2D eigenvalue weighted by atomic mass is 16.5. The highest BCUT2D eigenvalue weighted by molar-refractivity contribution is 5.77. The Hall–Kier alpha value is -2.53. The van der Waals surface area contributed by atoms with Gasteiger partial charge in [0.05, 0.1) is 18.2 Å². The van der Waals surface area contributed by atoms with Crippen LogP contribution in [0.25, 0.3) is 0 Å². The number of carbonyl (C=O) groups is 1. The summed E-state index contributed by atoms with van der Waals surface area (Å²) in [5.41, 5.74) is 4.69. The molecule has 5 heteroatoms. The number of hydrogen-bond donors (Lipinski definition) is 1. The molecule has 28 heavy (non-hydrogen) atoms. The minimum atomic E-state index is -0.000987. The lowest BCUT2D eigenvalue weighted by atomic mass is 10.0. The van der Waals surface area contributed by atoms with Crippen molar-refractivity contribution in [3.63, 3.8) is 0 Å². The number of benzene rings is 2. The molecule has 0 fully saturated rings. The number of hydrogen-bond acceptors (Lipinski definition) is 4. The summed E-state index contributed by atoms with van der Waals surface area (Å²) in [5, 5.41) is 2.99. The van der Waals surface area contributed by atoms with Crippen LogP contribution in [0.15, 0.2) is 42.5 Å². The van der Waals surface area contributed by atoms with Crippen molar-refractivity contribution in [2.24, 2.45) is 0 Å². The minimum Gasteiger partial charge on any atom is -0.489 e. The van der Waals surface area contributed by atoms with Crippen LogP contribution in [0.5, 0.6) is 5.75 Å². The van der Waals surface area contributed by atoms with Gasteiger partial charge in [0.25, 0.3) is 0 Å². The maximum Gasteiger partial charge on any atom is 0.222 e. The number of methoxy groups -OCH3 is 1. The van der Waals surface area contributed by atoms with E-state index in [2.05, 4.69) is 66.5 Å². The van der Waals surface area contributed by atoms with Crippen molar-refractivity contribution < 1.29 is 14.3 Å². The second-order valence-electron chi connectivity index (χ2n) is 7.45. The van der Waals surface area contributed by atoms with Crippen molar-refractivity contribution in [3.05, 3.63) is 59.2 Å². The minimum absolute atomic E-state index is 0.000987. The smallest absolute Gasteiger partial charge is 0.222 e. The fraction of sp³-hybridized carbons (Fsp3) is 0.435. The van der Waals surface area contributed by atoms with Crippen LogP contribution in [-0.2, 0) is 16.1 Å². The topological polar surface area (TPSA) is 50.8 Å². The highest BCUT2D eigenvalue weighted by Gasteiger charge is 2.29. The Morgan fingerprint density at radius 1 is 1.18 bits per heavy atom. The van der Waals surface area contributed by atoms with E-state index in [0.29, 0.717) is 26.2 Å². The number of ether oxygens (including phenoxy) is 2. The summed E-state index contributed by atoms with van der Waals surface area (Å²) >= 11 is 0. The van der Waals surface area contributed by atoms with Crippen molar-refractivity contribution >= 4 is 11.6 Å². The quantitative estimate of drug-likeness (QED) is 0.709. The van der Waals surface area contributed by atoms with Gasteiger partial charge >= 0.3 is 0 Å². The van der Waals surface area contributed by atoms with Crippen molar-refractivity contribution in [2.45, 2.75) is 39.3 Å². The molecule has 1 aliphatic heterocycles. The summed E-state index contributed by atoms with van der Waals surface area (Å²) in [6.45, 7) is 6.70. The van der Waals surface area contributed by atoms with Gasteiger partial charge in [-0.25, -0.2) is 0 Å². The first-order chi connectivity index (χ1) is 13.6. The fourth-order valence-electron chi connectivity index (χ4n) is 3.45. The Labute approximate surface area is 167 Å². The number of anilines is 1.